The van der Waals surface area contributed by atoms with E-state index in [1.54, 1.807) is 0 Å². The van der Waals surface area contributed by atoms with Crippen LogP contribution in [0, 0.1) is 5.92 Å². The third-order valence-corrected chi connectivity index (χ3v) is 7.53. The molecule has 0 amide bonds. The minimum atomic E-state index is -1.05. The summed E-state index contributed by atoms with van der Waals surface area (Å²) < 4.78 is 12.7. The first-order valence-electron chi connectivity index (χ1n) is 12.7. The van der Waals surface area contributed by atoms with E-state index in [1.807, 2.05) is 25.1 Å². The number of aliphatic carboxylic acids is 1. The fourth-order valence-corrected chi connectivity index (χ4v) is 5.36. The van der Waals surface area contributed by atoms with Gasteiger partial charge in [0.15, 0.2) is 6.61 Å². The standard InChI is InChI=1S/C30H38Cl2O4/c1-7-8-9-26-23(19-10-12-21(31)13-11-19)16-22(18(2)3)28(36-26)24-14-20(30(4,5)6)15-25(32)29(24)35-17-27(33)34/h10-15,22-23,26,28H,2,7-9,16-17H2,1,3-6H3,(H,33,34)/t22-,23-,26+,28+/m1/s1. The summed E-state index contributed by atoms with van der Waals surface area (Å²) in [5, 5.41) is 10.4. The molecule has 4 atom stereocenters. The third-order valence-electron chi connectivity index (χ3n) is 7.00. The number of rotatable bonds is 9. The molecule has 196 valence electrons. The van der Waals surface area contributed by atoms with Crippen molar-refractivity contribution in [1.82, 2.24) is 0 Å². The van der Waals surface area contributed by atoms with Crippen LogP contribution in [-0.4, -0.2) is 23.8 Å². The smallest absolute Gasteiger partial charge is 0.341 e. The van der Waals surface area contributed by atoms with Gasteiger partial charge in [-0.15, -0.1) is 0 Å². The van der Waals surface area contributed by atoms with Crippen molar-refractivity contribution in [2.75, 3.05) is 6.61 Å². The normalized spacial score (nSPS) is 22.3. The Labute approximate surface area is 225 Å². The van der Waals surface area contributed by atoms with Crippen LogP contribution >= 0.6 is 23.2 Å². The molecular formula is C30H38Cl2O4. The predicted molar refractivity (Wildman–Crippen MR) is 148 cm³/mol. The molecule has 2 aromatic carbocycles. The lowest BCUT2D eigenvalue weighted by molar-refractivity contribution is -0.139. The number of hydrogen-bond acceptors (Lipinski definition) is 3. The maximum atomic E-state index is 11.3. The molecule has 1 fully saturated rings. The van der Waals surface area contributed by atoms with Crippen LogP contribution in [0.15, 0.2) is 48.6 Å². The summed E-state index contributed by atoms with van der Waals surface area (Å²) in [7, 11) is 0. The van der Waals surface area contributed by atoms with Crippen molar-refractivity contribution in [3.63, 3.8) is 0 Å². The molecule has 6 heteroatoms. The number of carbonyl (C=O) groups is 1. The first-order chi connectivity index (χ1) is 16.9. The van der Waals surface area contributed by atoms with Crippen molar-refractivity contribution in [2.24, 2.45) is 5.92 Å². The fraction of sp³-hybridized carbons (Fsp3) is 0.500. The van der Waals surface area contributed by atoms with Crippen LogP contribution < -0.4 is 4.74 Å². The summed E-state index contributed by atoms with van der Waals surface area (Å²) in [6, 6.07) is 12.0. The second-order valence-electron chi connectivity index (χ2n) is 10.9. The SMILES string of the molecule is C=C(C)[C@H]1C[C@H](c2ccc(Cl)cc2)[C@H](CCCC)O[C@@H]1c1cc(C(C)(C)C)cc(Cl)c1OCC(=O)O. The molecule has 0 aliphatic carbocycles. The fourth-order valence-electron chi connectivity index (χ4n) is 4.96. The molecule has 1 heterocycles. The topological polar surface area (TPSA) is 55.8 Å². The van der Waals surface area contributed by atoms with Gasteiger partial charge in [-0.25, -0.2) is 4.79 Å². The second-order valence-corrected chi connectivity index (χ2v) is 11.7. The Morgan fingerprint density at radius 2 is 1.86 bits per heavy atom. The van der Waals surface area contributed by atoms with E-state index in [0.29, 0.717) is 15.8 Å². The monoisotopic (exact) mass is 532 g/mol. The molecule has 0 saturated carbocycles. The first kappa shape index (κ1) is 28.6. The molecule has 4 nitrogen and oxygen atoms in total. The second kappa shape index (κ2) is 12.0. The third kappa shape index (κ3) is 6.85. The van der Waals surface area contributed by atoms with Gasteiger partial charge < -0.3 is 14.6 Å². The van der Waals surface area contributed by atoms with Crippen LogP contribution in [0.4, 0.5) is 0 Å². The number of unbranched alkanes of at least 4 members (excludes halogenated alkanes) is 1. The van der Waals surface area contributed by atoms with Gasteiger partial charge in [0.2, 0.25) is 0 Å². The number of carboxylic acids is 1. The van der Waals surface area contributed by atoms with Crippen LogP contribution in [0.25, 0.3) is 0 Å². The zero-order valence-corrected chi connectivity index (χ0v) is 23.5. The molecule has 1 N–H and O–H groups in total. The Morgan fingerprint density at radius 1 is 1.19 bits per heavy atom. The highest BCUT2D eigenvalue weighted by atomic mass is 35.5. The van der Waals surface area contributed by atoms with Crippen molar-refractivity contribution in [3.8, 4) is 5.75 Å². The van der Waals surface area contributed by atoms with E-state index in [9.17, 15) is 9.90 Å². The Kier molecular flexibility index (Phi) is 9.54. The lowest BCUT2D eigenvalue weighted by atomic mass is 9.74. The molecule has 36 heavy (non-hydrogen) atoms. The van der Waals surface area contributed by atoms with E-state index in [0.717, 1.165) is 42.4 Å². The number of carboxylic acid groups (broad SMARTS) is 1. The summed E-state index contributed by atoms with van der Waals surface area (Å²) in [6.45, 7) is 14.4. The summed E-state index contributed by atoms with van der Waals surface area (Å²) in [6.07, 6.45) is 3.52. The van der Waals surface area contributed by atoms with Gasteiger partial charge in [0.05, 0.1) is 17.2 Å². The number of halogens is 2. The van der Waals surface area contributed by atoms with Crippen LogP contribution in [0.5, 0.6) is 5.75 Å². The highest BCUT2D eigenvalue weighted by molar-refractivity contribution is 6.32. The van der Waals surface area contributed by atoms with Crippen molar-refractivity contribution in [2.45, 2.75) is 83.8 Å². The van der Waals surface area contributed by atoms with E-state index in [4.69, 9.17) is 32.7 Å². The van der Waals surface area contributed by atoms with E-state index in [2.05, 4.69) is 52.5 Å². The molecule has 2 aromatic rings. The zero-order valence-electron chi connectivity index (χ0n) is 21.9. The molecule has 3 rings (SSSR count). The number of benzene rings is 2. The molecular weight excluding hydrogens is 495 g/mol. The van der Waals surface area contributed by atoms with Crippen molar-refractivity contribution in [1.29, 1.82) is 0 Å². The van der Waals surface area contributed by atoms with Crippen LogP contribution in [0.3, 0.4) is 0 Å². The Morgan fingerprint density at radius 3 is 2.42 bits per heavy atom. The summed E-state index contributed by atoms with van der Waals surface area (Å²) >= 11 is 12.9. The largest absolute Gasteiger partial charge is 0.480 e. The van der Waals surface area contributed by atoms with Crippen LogP contribution in [0.2, 0.25) is 10.0 Å². The zero-order chi connectivity index (χ0) is 26.6. The van der Waals surface area contributed by atoms with E-state index in [1.165, 1.54) is 5.56 Å². The van der Waals surface area contributed by atoms with Crippen molar-refractivity contribution >= 4 is 29.2 Å². The highest BCUT2D eigenvalue weighted by Crippen LogP contribution is 2.51. The Hall–Kier alpha value is -2.01. The Bertz CT molecular complexity index is 1070. The van der Waals surface area contributed by atoms with E-state index >= 15 is 0 Å². The van der Waals surface area contributed by atoms with Gasteiger partial charge in [-0.3, -0.25) is 0 Å². The Balaban J connectivity index is 2.12. The highest BCUT2D eigenvalue weighted by Gasteiger charge is 2.41. The molecule has 0 spiro atoms. The van der Waals surface area contributed by atoms with Crippen molar-refractivity contribution < 1.29 is 19.4 Å². The van der Waals surface area contributed by atoms with E-state index in [-0.39, 0.29) is 29.5 Å². The number of hydrogen-bond donors (Lipinski definition) is 1. The maximum Gasteiger partial charge on any atom is 0.341 e. The average molecular weight is 534 g/mol. The quantitative estimate of drug-likeness (QED) is 0.328. The van der Waals surface area contributed by atoms with Gasteiger partial charge in [0, 0.05) is 22.4 Å². The minimum absolute atomic E-state index is 0.00187. The molecule has 0 unspecified atom stereocenters. The molecule has 0 bridgehead atoms. The summed E-state index contributed by atoms with van der Waals surface area (Å²) in [5.74, 6) is -0.484. The first-order valence-corrected chi connectivity index (χ1v) is 13.4. The average Bonchev–Trinajstić information content (AvgIpc) is 2.80. The summed E-state index contributed by atoms with van der Waals surface area (Å²) in [4.78, 5) is 11.3. The molecule has 0 aromatic heterocycles. The van der Waals surface area contributed by atoms with E-state index < -0.39 is 12.6 Å². The minimum Gasteiger partial charge on any atom is -0.480 e. The van der Waals surface area contributed by atoms with Gasteiger partial charge in [-0.05, 0) is 60.6 Å². The maximum absolute atomic E-state index is 11.3. The van der Waals surface area contributed by atoms with Gasteiger partial charge in [0.1, 0.15) is 5.75 Å². The molecule has 1 saturated heterocycles. The number of ether oxygens (including phenoxy) is 2. The van der Waals surface area contributed by atoms with Gasteiger partial charge in [-0.1, -0.05) is 88.0 Å². The van der Waals surface area contributed by atoms with Gasteiger partial charge >= 0.3 is 5.97 Å². The van der Waals surface area contributed by atoms with Crippen molar-refractivity contribution in [3.05, 3.63) is 75.3 Å². The van der Waals surface area contributed by atoms with Gasteiger partial charge in [-0.2, -0.15) is 0 Å². The van der Waals surface area contributed by atoms with Crippen LogP contribution in [-0.2, 0) is 14.9 Å². The van der Waals surface area contributed by atoms with Gasteiger partial charge in [0.25, 0.3) is 0 Å². The lowest BCUT2D eigenvalue weighted by Gasteiger charge is -2.43. The molecule has 1 aliphatic rings. The molecule has 1 aliphatic heterocycles. The lowest BCUT2D eigenvalue weighted by Crippen LogP contribution is -2.36. The predicted octanol–water partition coefficient (Wildman–Crippen LogP) is 8.75. The summed E-state index contributed by atoms with van der Waals surface area (Å²) in [5.41, 5.74) is 3.88. The molecule has 0 radical (unpaired) electrons. The van der Waals surface area contributed by atoms with Crippen LogP contribution in [0.1, 0.15) is 89.0 Å².